The van der Waals surface area contributed by atoms with Gasteiger partial charge in [-0.3, -0.25) is 9.59 Å². The van der Waals surface area contributed by atoms with E-state index in [1.807, 2.05) is 41.4 Å². The Hall–Kier alpha value is -2.83. The summed E-state index contributed by atoms with van der Waals surface area (Å²) < 4.78 is 24.8. The fourth-order valence-electron chi connectivity index (χ4n) is 5.40. The van der Waals surface area contributed by atoms with Crippen LogP contribution in [0, 0.1) is 17.7 Å². The van der Waals surface area contributed by atoms with Gasteiger partial charge in [-0.25, -0.2) is 4.39 Å². The zero-order chi connectivity index (χ0) is 19.7. The first kappa shape index (κ1) is 17.1. The van der Waals surface area contributed by atoms with Crippen molar-refractivity contribution >= 4 is 17.6 Å². The van der Waals surface area contributed by atoms with Crippen LogP contribution in [-0.4, -0.2) is 41.5 Å². The first-order chi connectivity index (χ1) is 14.1. The van der Waals surface area contributed by atoms with E-state index < -0.39 is 18.1 Å². The van der Waals surface area contributed by atoms with Gasteiger partial charge < -0.3 is 14.4 Å². The molecule has 2 aromatic carbocycles. The van der Waals surface area contributed by atoms with Crippen LogP contribution < -0.4 is 0 Å². The third kappa shape index (κ3) is 2.33. The molecule has 146 valence electrons. The van der Waals surface area contributed by atoms with E-state index in [0.717, 1.165) is 11.1 Å². The molecule has 29 heavy (non-hydrogen) atoms. The van der Waals surface area contributed by atoms with Gasteiger partial charge >= 0.3 is 0 Å². The van der Waals surface area contributed by atoms with Crippen molar-refractivity contribution in [3.05, 3.63) is 77.2 Å². The second-order valence-corrected chi connectivity index (χ2v) is 8.00. The van der Waals surface area contributed by atoms with Crippen LogP contribution in [0.25, 0.3) is 6.08 Å². The van der Waals surface area contributed by atoms with Gasteiger partial charge in [0.1, 0.15) is 5.82 Å². The molecule has 0 radical (unpaired) electrons. The number of halogens is 1. The van der Waals surface area contributed by atoms with E-state index in [4.69, 9.17) is 9.47 Å². The van der Waals surface area contributed by atoms with Crippen molar-refractivity contribution in [2.24, 2.45) is 11.8 Å². The smallest absolute Gasteiger partial charge is 0.218 e. The number of ketones is 2. The van der Waals surface area contributed by atoms with Gasteiger partial charge in [-0.05, 0) is 41.5 Å². The molecule has 0 spiro atoms. The van der Waals surface area contributed by atoms with Crippen molar-refractivity contribution in [3.63, 3.8) is 0 Å². The van der Waals surface area contributed by atoms with Crippen molar-refractivity contribution in [1.82, 2.24) is 4.90 Å². The maximum atomic E-state index is 13.6. The number of nitrogens with zero attached hydrogens (tertiary/aromatic N) is 1. The molecule has 0 aliphatic carbocycles. The Bertz CT molecular complexity index is 1050. The molecule has 4 aliphatic heterocycles. The second-order valence-electron chi connectivity index (χ2n) is 8.00. The topological polar surface area (TPSA) is 55.8 Å². The van der Waals surface area contributed by atoms with Gasteiger partial charge in [-0.2, -0.15) is 0 Å². The summed E-state index contributed by atoms with van der Waals surface area (Å²) >= 11 is 0. The molecule has 0 saturated carbocycles. The molecule has 6 atom stereocenters. The monoisotopic (exact) mass is 391 g/mol. The number of Topliss-reactive ketones (excluding diaryl/α,β-unsaturated/α-hetero) is 2. The second kappa shape index (κ2) is 6.08. The molecule has 0 amide bonds. The van der Waals surface area contributed by atoms with E-state index in [9.17, 15) is 14.0 Å². The highest BCUT2D eigenvalue weighted by Gasteiger charge is 2.63. The Balaban J connectivity index is 1.50. The van der Waals surface area contributed by atoms with E-state index in [1.54, 1.807) is 0 Å². The molecule has 1 unspecified atom stereocenters. The first-order valence-electron chi connectivity index (χ1n) is 9.78. The molecule has 0 aromatic heterocycles. The van der Waals surface area contributed by atoms with Gasteiger partial charge in [0.25, 0.3) is 0 Å². The number of benzene rings is 2. The van der Waals surface area contributed by atoms with Crippen LogP contribution in [0.2, 0.25) is 0 Å². The van der Waals surface area contributed by atoms with Gasteiger partial charge in [0.05, 0.1) is 30.7 Å². The van der Waals surface area contributed by atoms with Crippen molar-refractivity contribution in [1.29, 1.82) is 0 Å². The Morgan fingerprint density at radius 2 is 1.90 bits per heavy atom. The van der Waals surface area contributed by atoms with Crippen LogP contribution in [0.3, 0.4) is 0 Å². The van der Waals surface area contributed by atoms with Crippen molar-refractivity contribution in [2.45, 2.75) is 24.5 Å². The fourth-order valence-corrected chi connectivity index (χ4v) is 5.40. The highest BCUT2D eigenvalue weighted by Crippen LogP contribution is 2.54. The lowest BCUT2D eigenvalue weighted by Crippen LogP contribution is -2.48. The molecule has 2 aromatic rings. The van der Waals surface area contributed by atoms with Gasteiger partial charge in [-0.15, -0.1) is 0 Å². The molecule has 0 N–H and O–H groups in total. The average molecular weight is 391 g/mol. The van der Waals surface area contributed by atoms with E-state index in [-0.39, 0.29) is 35.5 Å². The number of hydrogen-bond donors (Lipinski definition) is 0. The van der Waals surface area contributed by atoms with Crippen LogP contribution in [0.5, 0.6) is 0 Å². The Morgan fingerprint density at radius 1 is 1.10 bits per heavy atom. The third-order valence-corrected chi connectivity index (χ3v) is 6.60. The number of hydrogen-bond acceptors (Lipinski definition) is 5. The number of ether oxygens (including phenoxy) is 2. The summed E-state index contributed by atoms with van der Waals surface area (Å²) in [6.45, 7) is 0.302. The predicted octanol–water partition coefficient (Wildman–Crippen LogP) is 2.97. The predicted molar refractivity (Wildman–Crippen MR) is 101 cm³/mol. The molecule has 5 nitrogen and oxygen atoms in total. The molecular weight excluding hydrogens is 373 g/mol. The minimum absolute atomic E-state index is 0.0988. The summed E-state index contributed by atoms with van der Waals surface area (Å²) in [4.78, 5) is 28.8. The van der Waals surface area contributed by atoms with Crippen molar-refractivity contribution in [3.8, 4) is 0 Å². The summed E-state index contributed by atoms with van der Waals surface area (Å²) in [5.41, 5.74) is 2.51. The zero-order valence-corrected chi connectivity index (χ0v) is 15.4. The lowest BCUT2D eigenvalue weighted by molar-refractivity contribution is -0.164. The average Bonchev–Trinajstić information content (AvgIpc) is 3.33. The molecular formula is C23H18FNO4. The van der Waals surface area contributed by atoms with Gasteiger partial charge in [0.15, 0.2) is 11.6 Å². The standard InChI is InChI=1S/C23H18FNO4/c24-14-7-5-13(6-8-14)21(26)20-17-16-11-28-23(29-16)22(27)18(17)19-15-4-2-1-3-12(15)9-10-25(19)20/h1-10,16-20,23H,11H2/t16?,17-,18+,19-,20+,23-/m0/s1. The van der Waals surface area contributed by atoms with Crippen LogP contribution >= 0.6 is 0 Å². The first-order valence-corrected chi connectivity index (χ1v) is 9.78. The lowest BCUT2D eigenvalue weighted by atomic mass is 9.75. The number of fused-ring (bicyclic) bond motifs is 8. The molecule has 3 saturated heterocycles. The number of rotatable bonds is 2. The summed E-state index contributed by atoms with van der Waals surface area (Å²) in [7, 11) is 0. The third-order valence-electron chi connectivity index (χ3n) is 6.60. The van der Waals surface area contributed by atoms with Crippen molar-refractivity contribution < 1.29 is 23.5 Å². The molecule has 6 heteroatoms. The van der Waals surface area contributed by atoms with E-state index in [0.29, 0.717) is 12.2 Å². The van der Waals surface area contributed by atoms with Gasteiger partial charge in [-0.1, -0.05) is 24.3 Å². The summed E-state index contributed by atoms with van der Waals surface area (Å²) in [6, 6.07) is 12.7. The maximum Gasteiger partial charge on any atom is 0.218 e. The fraction of sp³-hybridized carbons (Fsp3) is 0.304. The lowest BCUT2D eigenvalue weighted by Gasteiger charge is -2.34. The maximum absolute atomic E-state index is 13.6. The Morgan fingerprint density at radius 3 is 2.72 bits per heavy atom. The van der Waals surface area contributed by atoms with Crippen LogP contribution in [0.4, 0.5) is 4.39 Å². The minimum Gasteiger partial charge on any atom is -0.359 e. The molecule has 2 bridgehead atoms. The van der Waals surface area contributed by atoms with E-state index >= 15 is 0 Å². The SMILES string of the molecule is O=C1[C@H]2OCC(O2)[C@H]2[C@@H]1[C@@H]1c3ccccc3C=CN1[C@H]2C(=O)c1ccc(F)cc1. The van der Waals surface area contributed by atoms with Crippen LogP contribution in [0.1, 0.15) is 27.5 Å². The zero-order valence-electron chi connectivity index (χ0n) is 15.4. The minimum atomic E-state index is -0.846. The quantitative estimate of drug-likeness (QED) is 0.737. The number of carbonyl (C=O) groups excluding carboxylic acids is 2. The summed E-state index contributed by atoms with van der Waals surface area (Å²) in [6.07, 6.45) is 2.73. The van der Waals surface area contributed by atoms with Gasteiger partial charge in [0.2, 0.25) is 6.29 Å². The molecule has 4 aliphatic rings. The van der Waals surface area contributed by atoms with E-state index in [1.165, 1.54) is 24.3 Å². The van der Waals surface area contributed by atoms with E-state index in [2.05, 4.69) is 0 Å². The Kier molecular flexibility index (Phi) is 3.58. The van der Waals surface area contributed by atoms with Gasteiger partial charge in [0, 0.05) is 17.7 Å². The van der Waals surface area contributed by atoms with Crippen molar-refractivity contribution in [2.75, 3.05) is 6.61 Å². The molecule has 3 fully saturated rings. The van der Waals surface area contributed by atoms with Crippen LogP contribution in [0.15, 0.2) is 54.7 Å². The number of carbonyl (C=O) groups is 2. The molecule has 4 heterocycles. The largest absolute Gasteiger partial charge is 0.359 e. The summed E-state index contributed by atoms with van der Waals surface area (Å²) in [5.74, 6) is -1.33. The highest BCUT2D eigenvalue weighted by atomic mass is 19.1. The highest BCUT2D eigenvalue weighted by molar-refractivity contribution is 6.02. The van der Waals surface area contributed by atoms with Crippen LogP contribution in [-0.2, 0) is 14.3 Å². The Labute approximate surface area is 166 Å². The normalized spacial score (nSPS) is 34.0. The summed E-state index contributed by atoms with van der Waals surface area (Å²) in [5, 5.41) is 0. The molecule has 6 rings (SSSR count).